The molecule has 0 amide bonds. The molecule has 0 aliphatic heterocycles. The monoisotopic (exact) mass is 207 g/mol. The van der Waals surface area contributed by atoms with E-state index in [4.69, 9.17) is 0 Å². The second-order valence-electron chi connectivity index (χ2n) is 5.40. The van der Waals surface area contributed by atoms with E-state index in [-0.39, 0.29) is 0 Å². The fourth-order valence-electron chi connectivity index (χ4n) is 2.46. The molecule has 0 saturated heterocycles. The third kappa shape index (κ3) is 2.27. The van der Waals surface area contributed by atoms with Crippen LogP contribution < -0.4 is 0 Å². The summed E-state index contributed by atoms with van der Waals surface area (Å²) in [6, 6.07) is 2.93. The van der Waals surface area contributed by atoms with Crippen LogP contribution in [0, 0.1) is 6.92 Å². The molecule has 1 rings (SSSR count). The van der Waals surface area contributed by atoms with Crippen molar-refractivity contribution in [1.29, 1.82) is 0 Å². The predicted molar refractivity (Wildman–Crippen MR) is 67.7 cm³/mol. The van der Waals surface area contributed by atoms with Crippen molar-refractivity contribution in [2.24, 2.45) is 0 Å². The van der Waals surface area contributed by atoms with Gasteiger partial charge in [-0.05, 0) is 44.2 Å². The van der Waals surface area contributed by atoms with Crippen LogP contribution in [0.2, 0.25) is 0 Å². The third-order valence-corrected chi connectivity index (χ3v) is 2.98. The van der Waals surface area contributed by atoms with Crippen LogP contribution in [-0.4, -0.2) is 4.57 Å². The summed E-state index contributed by atoms with van der Waals surface area (Å²) in [5, 5.41) is 0. The molecule has 1 nitrogen and oxygen atoms in total. The van der Waals surface area contributed by atoms with E-state index >= 15 is 0 Å². The van der Waals surface area contributed by atoms with Gasteiger partial charge in [0.15, 0.2) is 0 Å². The first-order chi connectivity index (χ1) is 6.86. The minimum atomic E-state index is 0.565. The minimum absolute atomic E-state index is 0.565. The highest BCUT2D eigenvalue weighted by molar-refractivity contribution is 5.33. The first-order valence-corrected chi connectivity index (χ1v) is 6.07. The molecular formula is C14H25N. The fraction of sp³-hybridized carbons (Fsp3) is 0.714. The molecule has 0 atom stereocenters. The van der Waals surface area contributed by atoms with E-state index < -0.39 is 0 Å². The average molecular weight is 207 g/mol. The maximum absolute atomic E-state index is 2.49. The van der Waals surface area contributed by atoms with Crippen LogP contribution >= 0.6 is 0 Å². The van der Waals surface area contributed by atoms with Crippen molar-refractivity contribution in [2.45, 2.75) is 66.3 Å². The lowest BCUT2D eigenvalue weighted by molar-refractivity contribution is 0.543. The molecular weight excluding hydrogens is 182 g/mol. The maximum atomic E-state index is 2.49. The Balaban J connectivity index is 3.38. The van der Waals surface area contributed by atoms with Gasteiger partial charge in [-0.15, -0.1) is 0 Å². The van der Waals surface area contributed by atoms with Crippen molar-refractivity contribution >= 4 is 0 Å². The summed E-state index contributed by atoms with van der Waals surface area (Å²) in [7, 11) is 0. The Bertz CT molecular complexity index is 329. The number of rotatable bonds is 3. The van der Waals surface area contributed by atoms with Crippen molar-refractivity contribution in [3.05, 3.63) is 23.0 Å². The summed E-state index contributed by atoms with van der Waals surface area (Å²) in [4.78, 5) is 0. The molecule has 1 heteroatoms. The van der Waals surface area contributed by atoms with Gasteiger partial charge in [0.1, 0.15) is 0 Å². The lowest BCUT2D eigenvalue weighted by Gasteiger charge is -2.20. The average Bonchev–Trinajstić information content (AvgIpc) is 2.42. The number of hydrogen-bond donors (Lipinski definition) is 0. The Hall–Kier alpha value is -0.720. The normalized spacial score (nSPS) is 12.1. The molecule has 86 valence electrons. The van der Waals surface area contributed by atoms with E-state index in [2.05, 4.69) is 59.1 Å². The lowest BCUT2D eigenvalue weighted by atomic mass is 9.97. The van der Waals surface area contributed by atoms with Crippen LogP contribution in [0.25, 0.3) is 0 Å². The smallest absolute Gasteiger partial charge is 0.0279 e. The zero-order chi connectivity index (χ0) is 11.7. The van der Waals surface area contributed by atoms with E-state index in [0.717, 1.165) is 0 Å². The van der Waals surface area contributed by atoms with Crippen LogP contribution in [0.1, 0.15) is 76.4 Å². The summed E-state index contributed by atoms with van der Waals surface area (Å²) in [5.74, 6) is 1.24. The first-order valence-electron chi connectivity index (χ1n) is 6.07. The Morgan fingerprint density at radius 2 is 1.47 bits per heavy atom. The summed E-state index contributed by atoms with van der Waals surface area (Å²) < 4.78 is 2.49. The van der Waals surface area contributed by atoms with E-state index in [1.54, 1.807) is 0 Å². The molecule has 0 spiro atoms. The molecule has 0 N–H and O–H groups in total. The van der Waals surface area contributed by atoms with Crippen molar-refractivity contribution in [2.75, 3.05) is 0 Å². The molecule has 0 fully saturated rings. The highest BCUT2D eigenvalue weighted by Crippen LogP contribution is 2.31. The zero-order valence-corrected chi connectivity index (χ0v) is 11.3. The standard InChI is InChI=1S/C14H25N/c1-9(2)13-8-12(7)15(11(5)6)14(13)10(3)4/h8-11H,1-7H3. The van der Waals surface area contributed by atoms with Gasteiger partial charge in [-0.1, -0.05) is 27.7 Å². The van der Waals surface area contributed by atoms with E-state index in [0.29, 0.717) is 17.9 Å². The largest absolute Gasteiger partial charge is 0.346 e. The SMILES string of the molecule is Cc1cc(C(C)C)c(C(C)C)n1C(C)C. The van der Waals surface area contributed by atoms with E-state index in [1.807, 2.05) is 0 Å². The van der Waals surface area contributed by atoms with Crippen molar-refractivity contribution in [3.63, 3.8) is 0 Å². The van der Waals surface area contributed by atoms with Crippen molar-refractivity contribution in [1.82, 2.24) is 4.57 Å². The molecule has 1 aromatic heterocycles. The molecule has 0 aliphatic carbocycles. The number of nitrogens with zero attached hydrogens (tertiary/aromatic N) is 1. The summed E-state index contributed by atoms with van der Waals surface area (Å²) in [6.07, 6.45) is 0. The van der Waals surface area contributed by atoms with Crippen molar-refractivity contribution in [3.8, 4) is 0 Å². The van der Waals surface area contributed by atoms with Gasteiger partial charge in [0, 0.05) is 17.4 Å². The molecule has 1 aromatic rings. The topological polar surface area (TPSA) is 4.93 Å². The fourth-order valence-corrected chi connectivity index (χ4v) is 2.46. The van der Waals surface area contributed by atoms with E-state index in [1.165, 1.54) is 17.0 Å². The number of hydrogen-bond acceptors (Lipinski definition) is 0. The molecule has 0 saturated carbocycles. The number of aryl methyl sites for hydroxylation is 1. The minimum Gasteiger partial charge on any atom is -0.346 e. The molecule has 0 aromatic carbocycles. The summed E-state index contributed by atoms with van der Waals surface area (Å²) in [5.41, 5.74) is 4.45. The van der Waals surface area contributed by atoms with Crippen LogP contribution in [-0.2, 0) is 0 Å². The van der Waals surface area contributed by atoms with Crippen molar-refractivity contribution < 1.29 is 0 Å². The Morgan fingerprint density at radius 1 is 0.933 bits per heavy atom. The second kappa shape index (κ2) is 4.42. The molecule has 0 radical (unpaired) electrons. The van der Waals surface area contributed by atoms with Gasteiger partial charge >= 0.3 is 0 Å². The van der Waals surface area contributed by atoms with Gasteiger partial charge in [0.05, 0.1) is 0 Å². The van der Waals surface area contributed by atoms with Gasteiger partial charge in [0.2, 0.25) is 0 Å². The molecule has 15 heavy (non-hydrogen) atoms. The highest BCUT2D eigenvalue weighted by Gasteiger charge is 2.18. The zero-order valence-electron chi connectivity index (χ0n) is 11.3. The van der Waals surface area contributed by atoms with Gasteiger partial charge < -0.3 is 4.57 Å². The highest BCUT2D eigenvalue weighted by atomic mass is 15.0. The Morgan fingerprint density at radius 3 is 1.80 bits per heavy atom. The maximum Gasteiger partial charge on any atom is 0.0279 e. The van der Waals surface area contributed by atoms with Gasteiger partial charge in [-0.3, -0.25) is 0 Å². The number of aromatic nitrogens is 1. The molecule has 0 unspecified atom stereocenters. The lowest BCUT2D eigenvalue weighted by Crippen LogP contribution is -2.10. The first kappa shape index (κ1) is 12.4. The third-order valence-electron chi connectivity index (χ3n) is 2.98. The van der Waals surface area contributed by atoms with E-state index in [9.17, 15) is 0 Å². The van der Waals surface area contributed by atoms with Crippen LogP contribution in [0.15, 0.2) is 6.07 Å². The molecule has 1 heterocycles. The Labute approximate surface area is 94.5 Å². The molecule has 0 aliphatic rings. The van der Waals surface area contributed by atoms with Gasteiger partial charge in [0.25, 0.3) is 0 Å². The summed E-state index contributed by atoms with van der Waals surface area (Å²) >= 11 is 0. The Kier molecular flexibility index (Phi) is 3.64. The van der Waals surface area contributed by atoms with Gasteiger partial charge in [-0.2, -0.15) is 0 Å². The molecule has 0 bridgehead atoms. The predicted octanol–water partition coefficient (Wildman–Crippen LogP) is 4.62. The summed E-state index contributed by atoms with van der Waals surface area (Å²) in [6.45, 7) is 15.9. The van der Waals surface area contributed by atoms with Crippen LogP contribution in [0.5, 0.6) is 0 Å². The quantitative estimate of drug-likeness (QED) is 0.681. The van der Waals surface area contributed by atoms with Crippen LogP contribution in [0.3, 0.4) is 0 Å². The van der Waals surface area contributed by atoms with Crippen LogP contribution in [0.4, 0.5) is 0 Å². The van der Waals surface area contributed by atoms with Gasteiger partial charge in [-0.25, -0.2) is 0 Å². The second-order valence-corrected chi connectivity index (χ2v) is 5.40.